The molecule has 0 fully saturated rings. The maximum atomic E-state index is 11.1. The molecule has 0 aliphatic carbocycles. The van der Waals surface area contributed by atoms with Crippen LogP contribution < -0.4 is 15.8 Å². The smallest absolute Gasteiger partial charge is 0.262 e. The minimum atomic E-state index is -0.379. The number of carbonyl (C=O) groups excluding carboxylic acids is 2. The van der Waals surface area contributed by atoms with E-state index >= 15 is 0 Å². The number of ether oxygens (including phenoxy) is 1. The van der Waals surface area contributed by atoms with Crippen LogP contribution in [0, 0.1) is 0 Å². The van der Waals surface area contributed by atoms with Crippen LogP contribution >= 0.6 is 0 Å². The van der Waals surface area contributed by atoms with E-state index in [1.807, 2.05) is 6.07 Å². The van der Waals surface area contributed by atoms with E-state index in [1.54, 1.807) is 24.3 Å². The van der Waals surface area contributed by atoms with Crippen LogP contribution in [0.4, 0.5) is 5.69 Å². The molecular formula is C12H12N2O3. The summed E-state index contributed by atoms with van der Waals surface area (Å²) >= 11 is 0. The van der Waals surface area contributed by atoms with Gasteiger partial charge in [0.15, 0.2) is 6.61 Å². The van der Waals surface area contributed by atoms with Crippen molar-refractivity contribution >= 4 is 23.6 Å². The minimum Gasteiger partial charge on any atom is -0.482 e. The van der Waals surface area contributed by atoms with Crippen molar-refractivity contribution < 1.29 is 14.3 Å². The summed E-state index contributed by atoms with van der Waals surface area (Å²) in [5.41, 5.74) is 6.53. The molecule has 0 saturated carbocycles. The fourth-order valence-corrected chi connectivity index (χ4v) is 1.52. The first-order valence-corrected chi connectivity index (χ1v) is 5.17. The Balaban J connectivity index is 2.15. The van der Waals surface area contributed by atoms with Gasteiger partial charge in [-0.1, -0.05) is 18.2 Å². The average molecular weight is 232 g/mol. The highest BCUT2D eigenvalue weighted by atomic mass is 16.5. The van der Waals surface area contributed by atoms with Crippen LogP contribution in [0.1, 0.15) is 12.0 Å². The second-order valence-electron chi connectivity index (χ2n) is 3.67. The Bertz CT molecular complexity index is 495. The molecule has 3 N–H and O–H groups in total. The summed E-state index contributed by atoms with van der Waals surface area (Å²) < 4.78 is 5.22. The molecule has 0 atom stereocenters. The van der Waals surface area contributed by atoms with E-state index in [2.05, 4.69) is 5.32 Å². The van der Waals surface area contributed by atoms with Crippen molar-refractivity contribution in [2.75, 3.05) is 11.9 Å². The molecule has 0 bridgehead atoms. The van der Waals surface area contributed by atoms with Gasteiger partial charge in [0.1, 0.15) is 5.75 Å². The number of benzene rings is 1. The molecule has 5 heteroatoms. The zero-order chi connectivity index (χ0) is 12.3. The number of carbonyl (C=O) groups is 2. The quantitative estimate of drug-likeness (QED) is 0.812. The molecule has 1 aromatic rings. The van der Waals surface area contributed by atoms with Crippen molar-refractivity contribution in [2.45, 2.75) is 6.42 Å². The first kappa shape index (κ1) is 11.2. The SMILES string of the molecule is NC(=O)CC=Cc1ccc2c(c1)NC(=O)CO2. The predicted molar refractivity (Wildman–Crippen MR) is 63.4 cm³/mol. The number of nitrogens with two attached hydrogens (primary N) is 1. The van der Waals surface area contributed by atoms with Gasteiger partial charge in [-0.15, -0.1) is 0 Å². The lowest BCUT2D eigenvalue weighted by atomic mass is 10.1. The molecule has 1 aliphatic rings. The molecule has 1 aromatic carbocycles. The van der Waals surface area contributed by atoms with E-state index in [1.165, 1.54) is 0 Å². The van der Waals surface area contributed by atoms with E-state index in [0.29, 0.717) is 11.4 Å². The number of rotatable bonds is 3. The van der Waals surface area contributed by atoms with E-state index in [4.69, 9.17) is 10.5 Å². The molecule has 1 aliphatic heterocycles. The lowest BCUT2D eigenvalue weighted by Gasteiger charge is -2.17. The summed E-state index contributed by atoms with van der Waals surface area (Å²) in [5.74, 6) is 0.100. The Labute approximate surface area is 98.3 Å². The van der Waals surface area contributed by atoms with Gasteiger partial charge in [0.05, 0.1) is 5.69 Å². The number of primary amides is 1. The molecular weight excluding hydrogens is 220 g/mol. The predicted octanol–water partition coefficient (Wildman–Crippen LogP) is 0.906. The standard InChI is InChI=1S/C12H12N2O3/c13-11(15)3-1-2-8-4-5-10-9(6-8)14-12(16)7-17-10/h1-2,4-6H,3,7H2,(H2,13,15)(H,14,16). The first-order chi connectivity index (χ1) is 8.15. The second-order valence-corrected chi connectivity index (χ2v) is 3.67. The molecule has 2 amide bonds. The highest BCUT2D eigenvalue weighted by Gasteiger charge is 2.15. The number of amides is 2. The molecule has 2 rings (SSSR count). The van der Waals surface area contributed by atoms with Gasteiger partial charge in [0, 0.05) is 6.42 Å². The van der Waals surface area contributed by atoms with Crippen molar-refractivity contribution in [1.29, 1.82) is 0 Å². The van der Waals surface area contributed by atoms with Crippen molar-refractivity contribution in [3.05, 3.63) is 29.8 Å². The number of anilines is 1. The third-order valence-corrected chi connectivity index (χ3v) is 2.27. The summed E-state index contributed by atoms with van der Waals surface area (Å²) in [6.45, 7) is 0.0455. The third kappa shape index (κ3) is 2.84. The highest BCUT2D eigenvalue weighted by Crippen LogP contribution is 2.28. The van der Waals surface area contributed by atoms with Crippen LogP contribution in [-0.4, -0.2) is 18.4 Å². The van der Waals surface area contributed by atoms with E-state index < -0.39 is 0 Å². The van der Waals surface area contributed by atoms with E-state index in [-0.39, 0.29) is 24.8 Å². The van der Waals surface area contributed by atoms with Crippen molar-refractivity contribution in [1.82, 2.24) is 0 Å². The minimum absolute atomic E-state index is 0.0455. The molecule has 88 valence electrons. The second kappa shape index (κ2) is 4.69. The van der Waals surface area contributed by atoms with Crippen LogP contribution in [0.3, 0.4) is 0 Å². The van der Waals surface area contributed by atoms with Crippen molar-refractivity contribution in [2.24, 2.45) is 5.73 Å². The molecule has 5 nitrogen and oxygen atoms in total. The Morgan fingerprint density at radius 2 is 2.35 bits per heavy atom. The third-order valence-electron chi connectivity index (χ3n) is 2.27. The van der Waals surface area contributed by atoms with Gasteiger partial charge in [-0.3, -0.25) is 9.59 Å². The highest BCUT2D eigenvalue weighted by molar-refractivity contribution is 5.95. The van der Waals surface area contributed by atoms with Gasteiger partial charge in [-0.25, -0.2) is 0 Å². The van der Waals surface area contributed by atoms with E-state index in [9.17, 15) is 9.59 Å². The summed E-state index contributed by atoms with van der Waals surface area (Å²) in [5, 5.41) is 2.71. The van der Waals surface area contributed by atoms with Gasteiger partial charge in [0.25, 0.3) is 5.91 Å². The van der Waals surface area contributed by atoms with Crippen LogP contribution in [0.15, 0.2) is 24.3 Å². The van der Waals surface area contributed by atoms with Gasteiger partial charge in [-0.2, -0.15) is 0 Å². The molecule has 0 unspecified atom stereocenters. The lowest BCUT2D eigenvalue weighted by molar-refractivity contribution is -0.119. The Morgan fingerprint density at radius 3 is 3.12 bits per heavy atom. The largest absolute Gasteiger partial charge is 0.482 e. The van der Waals surface area contributed by atoms with Gasteiger partial charge in [0.2, 0.25) is 5.91 Å². The molecule has 0 spiro atoms. The summed E-state index contributed by atoms with van der Waals surface area (Å²) in [7, 11) is 0. The van der Waals surface area contributed by atoms with Crippen LogP contribution in [-0.2, 0) is 9.59 Å². The Morgan fingerprint density at radius 1 is 1.53 bits per heavy atom. The van der Waals surface area contributed by atoms with Crippen molar-refractivity contribution in [3.63, 3.8) is 0 Å². The normalized spacial score (nSPS) is 14.0. The lowest BCUT2D eigenvalue weighted by Crippen LogP contribution is -2.25. The summed E-state index contributed by atoms with van der Waals surface area (Å²) in [6, 6.07) is 5.40. The molecule has 1 heterocycles. The van der Waals surface area contributed by atoms with Crippen LogP contribution in [0.25, 0.3) is 6.08 Å². The van der Waals surface area contributed by atoms with Gasteiger partial charge >= 0.3 is 0 Å². The summed E-state index contributed by atoms with van der Waals surface area (Å²) in [4.78, 5) is 21.7. The topological polar surface area (TPSA) is 81.4 Å². The van der Waals surface area contributed by atoms with Gasteiger partial charge in [-0.05, 0) is 17.7 Å². The Hall–Kier alpha value is -2.30. The number of hydrogen-bond donors (Lipinski definition) is 2. The first-order valence-electron chi connectivity index (χ1n) is 5.17. The zero-order valence-electron chi connectivity index (χ0n) is 9.10. The maximum Gasteiger partial charge on any atom is 0.262 e. The van der Waals surface area contributed by atoms with Crippen molar-refractivity contribution in [3.8, 4) is 5.75 Å². The molecule has 0 saturated heterocycles. The van der Waals surface area contributed by atoms with Crippen LogP contribution in [0.5, 0.6) is 5.75 Å². The molecule has 0 aromatic heterocycles. The number of fused-ring (bicyclic) bond motifs is 1. The Kier molecular flexibility index (Phi) is 3.09. The van der Waals surface area contributed by atoms with E-state index in [0.717, 1.165) is 5.56 Å². The fourth-order valence-electron chi connectivity index (χ4n) is 1.52. The molecule has 17 heavy (non-hydrogen) atoms. The number of nitrogens with one attached hydrogen (secondary N) is 1. The average Bonchev–Trinajstić information content (AvgIpc) is 2.28. The summed E-state index contributed by atoms with van der Waals surface area (Å²) in [6.07, 6.45) is 3.64. The monoisotopic (exact) mass is 232 g/mol. The molecule has 0 radical (unpaired) electrons. The van der Waals surface area contributed by atoms with Crippen LogP contribution in [0.2, 0.25) is 0 Å². The number of hydrogen-bond acceptors (Lipinski definition) is 3. The maximum absolute atomic E-state index is 11.1. The fraction of sp³-hybridized carbons (Fsp3) is 0.167. The van der Waals surface area contributed by atoms with Gasteiger partial charge < -0.3 is 15.8 Å². The zero-order valence-corrected chi connectivity index (χ0v) is 9.10.